The summed E-state index contributed by atoms with van der Waals surface area (Å²) in [5, 5.41) is 11.7. The van der Waals surface area contributed by atoms with Crippen LogP contribution in [0.2, 0.25) is 0 Å². The SMILES string of the molecule is CCC(C)C(=O)O[C@H]1[C@H](O)C[C@@H]2[C@@](C)([C@@H]3CC4C[C@H](OC)OC4O3)[C@H](C)C[C@H](OC(C)=O)[C@@]2(COC(C)=O)[C@@]12CO2. The second-order valence-corrected chi connectivity index (χ2v) is 13.1. The summed E-state index contributed by atoms with van der Waals surface area (Å²) >= 11 is 0. The van der Waals surface area contributed by atoms with Crippen LogP contribution in [-0.2, 0) is 47.5 Å². The molecule has 0 aromatic heterocycles. The number of carbonyl (C=O) groups is 3. The molecule has 11 heteroatoms. The van der Waals surface area contributed by atoms with Crippen LogP contribution < -0.4 is 0 Å². The van der Waals surface area contributed by atoms with Crippen LogP contribution in [0, 0.1) is 34.5 Å². The molecule has 2 saturated carbocycles. The number of aliphatic hydroxyl groups is 1. The highest BCUT2D eigenvalue weighted by atomic mass is 16.8. The zero-order valence-corrected chi connectivity index (χ0v) is 25.3. The van der Waals surface area contributed by atoms with Gasteiger partial charge in [-0.3, -0.25) is 14.4 Å². The molecule has 5 fully saturated rings. The number of rotatable bonds is 8. The molecule has 0 bridgehead atoms. The van der Waals surface area contributed by atoms with Crippen molar-refractivity contribution >= 4 is 17.9 Å². The van der Waals surface area contributed by atoms with Crippen LogP contribution in [0.4, 0.5) is 0 Å². The molecule has 11 nitrogen and oxygen atoms in total. The predicted octanol–water partition coefficient (Wildman–Crippen LogP) is 2.75. The van der Waals surface area contributed by atoms with Crippen molar-refractivity contribution in [2.24, 2.45) is 34.5 Å². The monoisotopic (exact) mass is 582 g/mol. The van der Waals surface area contributed by atoms with Crippen LogP contribution in [0.5, 0.6) is 0 Å². The van der Waals surface area contributed by atoms with E-state index in [2.05, 4.69) is 13.8 Å². The summed E-state index contributed by atoms with van der Waals surface area (Å²) in [5.41, 5.74) is -2.86. The lowest BCUT2D eigenvalue weighted by Crippen LogP contribution is -2.74. The molecule has 232 valence electrons. The molecular formula is C30H46O11. The van der Waals surface area contributed by atoms with Gasteiger partial charge < -0.3 is 38.3 Å². The zero-order chi connectivity index (χ0) is 29.9. The van der Waals surface area contributed by atoms with Crippen LogP contribution in [0.15, 0.2) is 0 Å². The molecule has 0 amide bonds. The van der Waals surface area contributed by atoms with Crippen LogP contribution in [0.25, 0.3) is 0 Å². The van der Waals surface area contributed by atoms with Crippen LogP contribution >= 0.6 is 0 Å². The molecule has 2 aliphatic carbocycles. The van der Waals surface area contributed by atoms with Gasteiger partial charge in [0.2, 0.25) is 0 Å². The van der Waals surface area contributed by atoms with Crippen LogP contribution in [-0.4, -0.2) is 85.9 Å². The van der Waals surface area contributed by atoms with E-state index >= 15 is 0 Å². The van der Waals surface area contributed by atoms with E-state index in [4.69, 9.17) is 33.2 Å². The molecule has 0 aromatic rings. The fraction of sp³-hybridized carbons (Fsp3) is 0.900. The highest BCUT2D eigenvalue weighted by Crippen LogP contribution is 2.70. The first-order chi connectivity index (χ1) is 19.3. The first-order valence-electron chi connectivity index (χ1n) is 15.0. The van der Waals surface area contributed by atoms with Crippen molar-refractivity contribution in [3.8, 4) is 0 Å². The lowest BCUT2D eigenvalue weighted by molar-refractivity contribution is -0.289. The molecule has 5 aliphatic rings. The Hall–Kier alpha value is -1.79. The van der Waals surface area contributed by atoms with Crippen molar-refractivity contribution in [2.45, 2.75) is 116 Å². The topological polar surface area (TPSA) is 139 Å². The van der Waals surface area contributed by atoms with Gasteiger partial charge in [0.25, 0.3) is 0 Å². The normalized spacial score (nSPS) is 47.3. The average Bonchev–Trinajstić information content (AvgIpc) is 3.45. The lowest BCUT2D eigenvalue weighted by atomic mass is 9.41. The van der Waals surface area contributed by atoms with E-state index in [-0.39, 0.29) is 55.7 Å². The van der Waals surface area contributed by atoms with E-state index in [1.807, 2.05) is 6.92 Å². The first kappa shape index (κ1) is 30.7. The summed E-state index contributed by atoms with van der Waals surface area (Å²) in [7, 11) is 1.62. The Morgan fingerprint density at radius 3 is 2.32 bits per heavy atom. The third kappa shape index (κ3) is 4.80. The third-order valence-corrected chi connectivity index (χ3v) is 11.1. The highest BCUT2D eigenvalue weighted by molar-refractivity contribution is 5.72. The summed E-state index contributed by atoms with van der Waals surface area (Å²) in [6, 6.07) is 0. The number of hydrogen-bond acceptors (Lipinski definition) is 11. The van der Waals surface area contributed by atoms with Gasteiger partial charge in [0.1, 0.15) is 18.3 Å². The van der Waals surface area contributed by atoms with Gasteiger partial charge in [0, 0.05) is 38.7 Å². The van der Waals surface area contributed by atoms with Gasteiger partial charge in [-0.25, -0.2) is 0 Å². The van der Waals surface area contributed by atoms with Gasteiger partial charge >= 0.3 is 17.9 Å². The molecule has 41 heavy (non-hydrogen) atoms. The summed E-state index contributed by atoms with van der Waals surface area (Å²) in [5.74, 6) is -1.98. The Morgan fingerprint density at radius 2 is 1.76 bits per heavy atom. The maximum atomic E-state index is 13.0. The maximum Gasteiger partial charge on any atom is 0.309 e. The number of aliphatic hydroxyl groups excluding tert-OH is 1. The van der Waals surface area contributed by atoms with Gasteiger partial charge in [0.05, 0.1) is 30.1 Å². The van der Waals surface area contributed by atoms with Gasteiger partial charge in [-0.2, -0.15) is 0 Å². The minimum absolute atomic E-state index is 0.00781. The number of ether oxygens (including phenoxy) is 7. The van der Waals surface area contributed by atoms with Crippen LogP contribution in [0.3, 0.4) is 0 Å². The standard InChI is InChI=1S/C30H46O11/c1-8-15(2)26(34)41-25-20(33)12-21-28(6,22-10-19-11-24(35-7)40-27(19)39-22)16(3)9-23(38-18(5)32)29(21,13-36-17(4)31)30(25)14-37-30/h15-16,19-25,27,33H,8-14H2,1-7H3/t15?,16-,19?,20-,21-,22+,23+,24-,25+,27?,28+,29+,30-/m1/s1. The third-order valence-electron chi connectivity index (χ3n) is 11.1. The minimum atomic E-state index is -1.21. The van der Waals surface area contributed by atoms with Gasteiger partial charge in [-0.15, -0.1) is 0 Å². The number of epoxide rings is 1. The number of hydrogen-bond donors (Lipinski definition) is 1. The molecule has 3 unspecified atom stereocenters. The average molecular weight is 583 g/mol. The zero-order valence-electron chi connectivity index (χ0n) is 25.3. The van der Waals surface area contributed by atoms with Crippen LogP contribution in [0.1, 0.15) is 73.6 Å². The molecule has 3 heterocycles. The van der Waals surface area contributed by atoms with E-state index in [0.717, 1.165) is 12.8 Å². The Morgan fingerprint density at radius 1 is 1.05 bits per heavy atom. The molecule has 1 N–H and O–H groups in total. The largest absolute Gasteiger partial charge is 0.465 e. The second kappa shape index (κ2) is 11.0. The summed E-state index contributed by atoms with van der Waals surface area (Å²) < 4.78 is 42.1. The Balaban J connectivity index is 1.59. The number of fused-ring (bicyclic) bond motifs is 3. The molecule has 5 rings (SSSR count). The van der Waals surface area contributed by atoms with Crippen molar-refractivity contribution in [3.63, 3.8) is 0 Å². The van der Waals surface area contributed by atoms with Crippen molar-refractivity contribution in [3.05, 3.63) is 0 Å². The lowest BCUT2D eigenvalue weighted by Gasteiger charge is -2.65. The van der Waals surface area contributed by atoms with E-state index in [9.17, 15) is 19.5 Å². The Labute approximate surface area is 241 Å². The molecule has 3 saturated heterocycles. The summed E-state index contributed by atoms with van der Waals surface area (Å²) in [4.78, 5) is 37.8. The molecule has 3 aliphatic heterocycles. The van der Waals surface area contributed by atoms with Crippen molar-refractivity contribution in [1.29, 1.82) is 0 Å². The number of carbonyl (C=O) groups excluding carboxylic acids is 3. The van der Waals surface area contributed by atoms with Crippen molar-refractivity contribution in [1.82, 2.24) is 0 Å². The fourth-order valence-electron chi connectivity index (χ4n) is 8.47. The van der Waals surface area contributed by atoms with Crippen molar-refractivity contribution < 1.29 is 52.6 Å². The second-order valence-electron chi connectivity index (χ2n) is 13.1. The fourth-order valence-corrected chi connectivity index (χ4v) is 8.47. The maximum absolute atomic E-state index is 13.0. The van der Waals surface area contributed by atoms with Gasteiger partial charge in [-0.1, -0.05) is 27.7 Å². The predicted molar refractivity (Wildman–Crippen MR) is 142 cm³/mol. The molecule has 0 radical (unpaired) electrons. The molecule has 0 aromatic carbocycles. The van der Waals surface area contributed by atoms with E-state index in [1.165, 1.54) is 13.8 Å². The quantitative estimate of drug-likeness (QED) is 0.257. The highest BCUT2D eigenvalue weighted by Gasteiger charge is 2.81. The van der Waals surface area contributed by atoms with Gasteiger partial charge in [0.15, 0.2) is 18.7 Å². The van der Waals surface area contributed by atoms with Gasteiger partial charge in [-0.05, 0) is 37.5 Å². The molecule has 13 atom stereocenters. The number of methoxy groups -OCH3 is 1. The smallest absolute Gasteiger partial charge is 0.309 e. The summed E-state index contributed by atoms with van der Waals surface area (Å²) in [6.07, 6.45) is -0.987. The number of esters is 3. The molecular weight excluding hydrogens is 536 g/mol. The van der Waals surface area contributed by atoms with Crippen molar-refractivity contribution in [2.75, 3.05) is 20.3 Å². The van der Waals surface area contributed by atoms with E-state index < -0.39 is 58.9 Å². The Bertz CT molecular complexity index is 1010. The summed E-state index contributed by atoms with van der Waals surface area (Å²) in [6.45, 7) is 10.7. The van der Waals surface area contributed by atoms with E-state index in [0.29, 0.717) is 12.8 Å². The minimum Gasteiger partial charge on any atom is -0.465 e. The van der Waals surface area contributed by atoms with E-state index in [1.54, 1.807) is 14.0 Å². The first-order valence-corrected chi connectivity index (χ1v) is 15.0. The Kier molecular flexibility index (Phi) is 8.26. The molecule has 1 spiro atoms.